The Morgan fingerprint density at radius 3 is 2.39 bits per heavy atom. The summed E-state index contributed by atoms with van der Waals surface area (Å²) in [5.41, 5.74) is -0.282. The number of rotatable bonds is 2. The number of sulfonamides is 1. The lowest BCUT2D eigenvalue weighted by Crippen LogP contribution is -2.36. The molecule has 2 rings (SSSR count). The molecule has 1 spiro atoms. The summed E-state index contributed by atoms with van der Waals surface area (Å²) in [6.07, 6.45) is 4.43. The maximum atomic E-state index is 12.4. The molecule has 0 bridgehead atoms. The summed E-state index contributed by atoms with van der Waals surface area (Å²) < 4.78 is 24.7. The fraction of sp³-hybridized carbons (Fsp3) is 0.917. The summed E-state index contributed by atoms with van der Waals surface area (Å²) in [7, 11) is -3.12. The van der Waals surface area contributed by atoms with E-state index in [-0.39, 0.29) is 11.3 Å². The molecule has 0 saturated carbocycles. The quantitative estimate of drug-likeness (QED) is 0.743. The molecule has 104 valence electrons. The number of carbonyl (C=O) groups is 1. The second-order valence-electron chi connectivity index (χ2n) is 5.43. The predicted octanol–water partition coefficient (Wildman–Crippen LogP) is 0.671. The monoisotopic (exact) mass is 274 g/mol. The zero-order valence-corrected chi connectivity index (χ0v) is 12.0. The first-order valence-corrected chi connectivity index (χ1v) is 8.48. The Morgan fingerprint density at radius 2 is 1.83 bits per heavy atom. The van der Waals surface area contributed by atoms with Gasteiger partial charge in [-0.2, -0.15) is 0 Å². The van der Waals surface area contributed by atoms with Crippen LogP contribution in [-0.2, 0) is 14.8 Å². The van der Waals surface area contributed by atoms with Crippen LogP contribution >= 0.6 is 0 Å². The van der Waals surface area contributed by atoms with Crippen LogP contribution in [0.3, 0.4) is 0 Å². The minimum absolute atomic E-state index is 0.236. The Labute approximate surface area is 109 Å². The van der Waals surface area contributed by atoms with Gasteiger partial charge >= 0.3 is 0 Å². The molecule has 0 unspecified atom stereocenters. The third-order valence-corrected chi connectivity index (χ3v) is 5.66. The molecule has 0 aromatic heterocycles. The van der Waals surface area contributed by atoms with E-state index in [2.05, 4.69) is 0 Å². The van der Waals surface area contributed by atoms with E-state index in [9.17, 15) is 13.2 Å². The minimum Gasteiger partial charge on any atom is -0.342 e. The number of hydrogen-bond acceptors (Lipinski definition) is 3. The van der Waals surface area contributed by atoms with Crippen LogP contribution in [0.5, 0.6) is 0 Å². The van der Waals surface area contributed by atoms with Gasteiger partial charge in [-0.1, -0.05) is 0 Å². The average molecular weight is 274 g/mol. The van der Waals surface area contributed by atoms with Crippen molar-refractivity contribution >= 4 is 15.9 Å². The van der Waals surface area contributed by atoms with Gasteiger partial charge in [-0.25, -0.2) is 12.7 Å². The van der Waals surface area contributed by atoms with Gasteiger partial charge in [0.05, 0.1) is 11.7 Å². The standard InChI is InChI=1S/C12H22N2O3S/c1-3-13-9-6-12(11(13)15)5-4-8-14(10-7-12)18(2,16)17/h3-10H2,1-2H3/t12-/m1/s1. The van der Waals surface area contributed by atoms with Crippen molar-refractivity contribution in [3.05, 3.63) is 0 Å². The Morgan fingerprint density at radius 1 is 1.17 bits per heavy atom. The fourth-order valence-electron chi connectivity index (χ4n) is 3.16. The molecule has 5 nitrogen and oxygen atoms in total. The molecule has 2 aliphatic rings. The smallest absolute Gasteiger partial charge is 0.228 e. The van der Waals surface area contributed by atoms with Crippen LogP contribution in [0.2, 0.25) is 0 Å². The summed E-state index contributed by atoms with van der Waals surface area (Å²) in [6, 6.07) is 0. The number of hydrogen-bond donors (Lipinski definition) is 0. The minimum atomic E-state index is -3.12. The van der Waals surface area contributed by atoms with Gasteiger partial charge in [-0.3, -0.25) is 4.79 Å². The third kappa shape index (κ3) is 2.40. The van der Waals surface area contributed by atoms with Gasteiger partial charge in [-0.05, 0) is 32.6 Å². The van der Waals surface area contributed by atoms with Crippen molar-refractivity contribution in [1.29, 1.82) is 0 Å². The average Bonchev–Trinajstić information content (AvgIpc) is 2.50. The number of likely N-dealkylation sites (tertiary alicyclic amines) is 1. The second kappa shape index (κ2) is 4.81. The van der Waals surface area contributed by atoms with Gasteiger partial charge in [0.2, 0.25) is 15.9 Å². The maximum absolute atomic E-state index is 12.4. The van der Waals surface area contributed by atoms with Crippen molar-refractivity contribution in [2.24, 2.45) is 5.41 Å². The highest BCUT2D eigenvalue weighted by atomic mass is 32.2. The van der Waals surface area contributed by atoms with E-state index in [0.29, 0.717) is 19.5 Å². The van der Waals surface area contributed by atoms with Crippen LogP contribution in [0.25, 0.3) is 0 Å². The van der Waals surface area contributed by atoms with E-state index in [1.807, 2.05) is 11.8 Å². The number of nitrogens with zero attached hydrogens (tertiary/aromatic N) is 2. The van der Waals surface area contributed by atoms with E-state index in [1.165, 1.54) is 10.6 Å². The topological polar surface area (TPSA) is 57.7 Å². The fourth-order valence-corrected chi connectivity index (χ4v) is 4.04. The highest BCUT2D eigenvalue weighted by Gasteiger charge is 2.46. The van der Waals surface area contributed by atoms with E-state index >= 15 is 0 Å². The van der Waals surface area contributed by atoms with Crippen LogP contribution in [0.4, 0.5) is 0 Å². The lowest BCUT2D eigenvalue weighted by molar-refractivity contribution is -0.136. The molecule has 6 heteroatoms. The summed E-state index contributed by atoms with van der Waals surface area (Å²) in [4.78, 5) is 14.3. The SMILES string of the molecule is CCN1CC[C@@]2(CCCN(S(C)(=O)=O)CC2)C1=O. The summed E-state index contributed by atoms with van der Waals surface area (Å²) in [6.45, 7) is 4.63. The first kappa shape index (κ1) is 13.8. The van der Waals surface area contributed by atoms with Gasteiger partial charge in [0.25, 0.3) is 0 Å². The molecular formula is C12H22N2O3S. The van der Waals surface area contributed by atoms with Crippen LogP contribution < -0.4 is 0 Å². The summed E-state index contributed by atoms with van der Waals surface area (Å²) in [5, 5.41) is 0. The van der Waals surface area contributed by atoms with Crippen molar-refractivity contribution < 1.29 is 13.2 Å². The number of amides is 1. The van der Waals surface area contributed by atoms with E-state index in [0.717, 1.165) is 32.4 Å². The summed E-state index contributed by atoms with van der Waals surface area (Å²) >= 11 is 0. The van der Waals surface area contributed by atoms with E-state index in [1.54, 1.807) is 0 Å². The normalized spacial score (nSPS) is 31.0. The third-order valence-electron chi connectivity index (χ3n) is 4.35. The van der Waals surface area contributed by atoms with E-state index < -0.39 is 10.0 Å². The van der Waals surface area contributed by atoms with Crippen molar-refractivity contribution in [3.63, 3.8) is 0 Å². The molecule has 18 heavy (non-hydrogen) atoms. The lowest BCUT2D eigenvalue weighted by Gasteiger charge is -2.26. The highest BCUT2D eigenvalue weighted by Crippen LogP contribution is 2.41. The van der Waals surface area contributed by atoms with Gasteiger partial charge in [0, 0.05) is 26.2 Å². The number of carbonyl (C=O) groups excluding carboxylic acids is 1. The molecular weight excluding hydrogens is 252 g/mol. The van der Waals surface area contributed by atoms with Gasteiger partial charge < -0.3 is 4.90 Å². The molecule has 1 atom stereocenters. The highest BCUT2D eigenvalue weighted by molar-refractivity contribution is 7.88. The lowest BCUT2D eigenvalue weighted by atomic mass is 9.79. The molecule has 0 N–H and O–H groups in total. The molecule has 2 saturated heterocycles. The summed E-state index contributed by atoms with van der Waals surface area (Å²) in [5.74, 6) is 0.236. The molecule has 0 aromatic rings. The van der Waals surface area contributed by atoms with Crippen molar-refractivity contribution in [2.45, 2.75) is 32.6 Å². The Bertz CT molecular complexity index is 435. The van der Waals surface area contributed by atoms with Gasteiger partial charge in [0.1, 0.15) is 0 Å². The Kier molecular flexibility index (Phi) is 3.69. The molecule has 2 aliphatic heterocycles. The zero-order valence-electron chi connectivity index (χ0n) is 11.2. The van der Waals surface area contributed by atoms with Crippen LogP contribution in [0.15, 0.2) is 0 Å². The molecule has 2 fully saturated rings. The van der Waals surface area contributed by atoms with E-state index in [4.69, 9.17) is 0 Å². The largest absolute Gasteiger partial charge is 0.342 e. The van der Waals surface area contributed by atoms with Crippen LogP contribution in [-0.4, -0.2) is 56.0 Å². The molecule has 0 aliphatic carbocycles. The van der Waals surface area contributed by atoms with Crippen molar-refractivity contribution in [3.8, 4) is 0 Å². The Hall–Kier alpha value is -0.620. The first-order chi connectivity index (χ1) is 8.39. The first-order valence-electron chi connectivity index (χ1n) is 6.63. The molecule has 2 heterocycles. The molecule has 0 aromatic carbocycles. The van der Waals surface area contributed by atoms with Crippen molar-refractivity contribution in [1.82, 2.24) is 9.21 Å². The predicted molar refractivity (Wildman–Crippen MR) is 69.6 cm³/mol. The van der Waals surface area contributed by atoms with Gasteiger partial charge in [-0.15, -0.1) is 0 Å². The molecule has 1 amide bonds. The second-order valence-corrected chi connectivity index (χ2v) is 7.41. The van der Waals surface area contributed by atoms with Gasteiger partial charge in [0.15, 0.2) is 0 Å². The maximum Gasteiger partial charge on any atom is 0.228 e. The van der Waals surface area contributed by atoms with Crippen molar-refractivity contribution in [2.75, 3.05) is 32.4 Å². The Balaban J connectivity index is 2.12. The molecule has 0 radical (unpaired) electrons. The van der Waals surface area contributed by atoms with Crippen LogP contribution in [0, 0.1) is 5.41 Å². The zero-order chi connectivity index (χ0) is 13.4. The van der Waals surface area contributed by atoms with Crippen LogP contribution in [0.1, 0.15) is 32.6 Å².